The highest BCUT2D eigenvalue weighted by molar-refractivity contribution is 7.89. The maximum absolute atomic E-state index is 11.9. The zero-order valence-corrected chi connectivity index (χ0v) is 11.4. The van der Waals surface area contributed by atoms with E-state index >= 15 is 0 Å². The second kappa shape index (κ2) is 6.19. The van der Waals surface area contributed by atoms with E-state index in [0.717, 1.165) is 19.4 Å². The summed E-state index contributed by atoms with van der Waals surface area (Å²) in [6.07, 6.45) is 2.03. The van der Waals surface area contributed by atoms with E-state index in [2.05, 4.69) is 0 Å². The van der Waals surface area contributed by atoms with Gasteiger partial charge in [-0.25, -0.2) is 12.7 Å². The van der Waals surface area contributed by atoms with Crippen LogP contribution in [0.4, 0.5) is 0 Å². The van der Waals surface area contributed by atoms with Crippen LogP contribution in [0.5, 0.6) is 0 Å². The van der Waals surface area contributed by atoms with Crippen molar-refractivity contribution in [2.45, 2.75) is 25.9 Å². The second-order valence-corrected chi connectivity index (χ2v) is 6.88. The van der Waals surface area contributed by atoms with Gasteiger partial charge in [0, 0.05) is 26.1 Å². The smallest absolute Gasteiger partial charge is 0.214 e. The van der Waals surface area contributed by atoms with Gasteiger partial charge < -0.3 is 4.74 Å². The van der Waals surface area contributed by atoms with Gasteiger partial charge in [-0.2, -0.15) is 0 Å². The summed E-state index contributed by atoms with van der Waals surface area (Å²) in [5, 5.41) is 0. The molecule has 1 rings (SSSR count). The molecule has 16 heavy (non-hydrogen) atoms. The first-order chi connectivity index (χ1) is 7.45. The standard InChI is InChI=1S/C10H20ClNO3S/c1-9(6-11)8-16(13,14)12(2)7-10-4-3-5-15-10/h9-10H,3-8H2,1-2H3. The van der Waals surface area contributed by atoms with Crippen molar-refractivity contribution in [3.8, 4) is 0 Å². The summed E-state index contributed by atoms with van der Waals surface area (Å²) in [6, 6.07) is 0. The quantitative estimate of drug-likeness (QED) is 0.683. The molecule has 0 bridgehead atoms. The third-order valence-electron chi connectivity index (χ3n) is 2.72. The van der Waals surface area contributed by atoms with Gasteiger partial charge in [0.2, 0.25) is 10.0 Å². The summed E-state index contributed by atoms with van der Waals surface area (Å²) in [5.41, 5.74) is 0. The summed E-state index contributed by atoms with van der Waals surface area (Å²) in [5.74, 6) is 0.464. The van der Waals surface area contributed by atoms with Crippen molar-refractivity contribution in [3.63, 3.8) is 0 Å². The number of rotatable bonds is 6. The van der Waals surface area contributed by atoms with Gasteiger partial charge >= 0.3 is 0 Å². The van der Waals surface area contributed by atoms with Crippen LogP contribution in [-0.4, -0.2) is 50.7 Å². The van der Waals surface area contributed by atoms with Gasteiger partial charge in [0.15, 0.2) is 0 Å². The molecule has 96 valence electrons. The van der Waals surface area contributed by atoms with E-state index in [1.165, 1.54) is 4.31 Å². The lowest BCUT2D eigenvalue weighted by molar-refractivity contribution is 0.0978. The zero-order chi connectivity index (χ0) is 12.2. The zero-order valence-electron chi connectivity index (χ0n) is 9.86. The molecule has 0 amide bonds. The van der Waals surface area contributed by atoms with Crippen LogP contribution < -0.4 is 0 Å². The minimum absolute atomic E-state index is 0.0152. The number of hydrogen-bond acceptors (Lipinski definition) is 3. The van der Waals surface area contributed by atoms with Crippen molar-refractivity contribution in [1.29, 1.82) is 0 Å². The molecule has 6 heteroatoms. The fourth-order valence-electron chi connectivity index (χ4n) is 1.72. The average Bonchev–Trinajstić information content (AvgIpc) is 2.69. The fourth-order valence-corrected chi connectivity index (χ4v) is 3.44. The molecule has 0 spiro atoms. The number of hydrogen-bond donors (Lipinski definition) is 0. The minimum atomic E-state index is -3.19. The third kappa shape index (κ3) is 4.20. The lowest BCUT2D eigenvalue weighted by Crippen LogP contribution is -2.37. The largest absolute Gasteiger partial charge is 0.377 e. The Morgan fingerprint density at radius 1 is 1.56 bits per heavy atom. The van der Waals surface area contributed by atoms with Crippen LogP contribution >= 0.6 is 11.6 Å². The highest BCUT2D eigenvalue weighted by Crippen LogP contribution is 2.15. The molecule has 1 fully saturated rings. The average molecular weight is 270 g/mol. The molecule has 4 nitrogen and oxygen atoms in total. The highest BCUT2D eigenvalue weighted by Gasteiger charge is 2.25. The fraction of sp³-hybridized carbons (Fsp3) is 1.00. The maximum Gasteiger partial charge on any atom is 0.214 e. The lowest BCUT2D eigenvalue weighted by Gasteiger charge is -2.21. The minimum Gasteiger partial charge on any atom is -0.377 e. The van der Waals surface area contributed by atoms with Crippen molar-refractivity contribution in [3.05, 3.63) is 0 Å². The molecule has 0 aromatic rings. The normalized spacial score (nSPS) is 23.9. The van der Waals surface area contributed by atoms with Crippen LogP contribution in [0.3, 0.4) is 0 Å². The van der Waals surface area contributed by atoms with Crippen molar-refractivity contribution in [2.24, 2.45) is 5.92 Å². The van der Waals surface area contributed by atoms with Crippen molar-refractivity contribution < 1.29 is 13.2 Å². The van der Waals surface area contributed by atoms with E-state index in [9.17, 15) is 8.42 Å². The molecular weight excluding hydrogens is 250 g/mol. The molecular formula is C10H20ClNO3S. The Hall–Kier alpha value is 0.160. The van der Waals surface area contributed by atoms with E-state index in [0.29, 0.717) is 12.4 Å². The molecule has 0 saturated carbocycles. The van der Waals surface area contributed by atoms with Crippen molar-refractivity contribution >= 4 is 21.6 Å². The summed E-state index contributed by atoms with van der Waals surface area (Å²) >= 11 is 5.63. The second-order valence-electron chi connectivity index (χ2n) is 4.45. The maximum atomic E-state index is 11.9. The van der Waals surface area contributed by atoms with Crippen LogP contribution in [0.25, 0.3) is 0 Å². The molecule has 1 saturated heterocycles. The summed E-state index contributed by atoms with van der Waals surface area (Å²) in [7, 11) is -1.58. The van der Waals surface area contributed by atoms with Crippen molar-refractivity contribution in [2.75, 3.05) is 31.8 Å². The summed E-state index contributed by atoms with van der Waals surface area (Å²) in [6.45, 7) is 3.04. The predicted molar refractivity (Wildman–Crippen MR) is 65.3 cm³/mol. The van der Waals surface area contributed by atoms with E-state index in [1.807, 2.05) is 6.92 Å². The van der Waals surface area contributed by atoms with Gasteiger partial charge in [-0.05, 0) is 18.8 Å². The molecule has 0 aromatic heterocycles. The Kier molecular flexibility index (Phi) is 5.50. The van der Waals surface area contributed by atoms with Crippen molar-refractivity contribution in [1.82, 2.24) is 4.31 Å². The van der Waals surface area contributed by atoms with E-state index < -0.39 is 10.0 Å². The van der Waals surface area contributed by atoms with E-state index in [1.54, 1.807) is 7.05 Å². The van der Waals surface area contributed by atoms with Crippen LogP contribution in [0.1, 0.15) is 19.8 Å². The Labute approximate surface area is 103 Å². The van der Waals surface area contributed by atoms with Gasteiger partial charge in [0.25, 0.3) is 0 Å². The molecule has 0 aromatic carbocycles. The Balaban J connectivity index is 2.47. The van der Waals surface area contributed by atoms with Gasteiger partial charge in [-0.1, -0.05) is 6.92 Å². The topological polar surface area (TPSA) is 46.6 Å². The van der Waals surface area contributed by atoms with Gasteiger partial charge in [-0.3, -0.25) is 0 Å². The molecule has 1 aliphatic rings. The predicted octanol–water partition coefficient (Wildman–Crippen LogP) is 1.30. The highest BCUT2D eigenvalue weighted by atomic mass is 35.5. The Morgan fingerprint density at radius 3 is 2.75 bits per heavy atom. The number of sulfonamides is 1. The van der Waals surface area contributed by atoms with E-state index in [4.69, 9.17) is 16.3 Å². The number of likely N-dealkylation sites (N-methyl/N-ethyl adjacent to an activating group) is 1. The Morgan fingerprint density at radius 2 is 2.25 bits per heavy atom. The van der Waals surface area contributed by atoms with Gasteiger partial charge in [0.1, 0.15) is 0 Å². The SMILES string of the molecule is CC(CCl)CS(=O)(=O)N(C)CC1CCCO1. The molecule has 2 unspecified atom stereocenters. The number of halogens is 1. The van der Waals surface area contributed by atoms with Crippen LogP contribution in [0.2, 0.25) is 0 Å². The number of nitrogens with zero attached hydrogens (tertiary/aromatic N) is 1. The van der Waals surface area contributed by atoms with Crippen LogP contribution in [0, 0.1) is 5.92 Å². The molecule has 1 heterocycles. The first-order valence-corrected chi connectivity index (χ1v) is 7.71. The molecule has 2 atom stereocenters. The Bertz CT molecular complexity index is 301. The van der Waals surface area contributed by atoms with Gasteiger partial charge in [-0.15, -0.1) is 11.6 Å². The van der Waals surface area contributed by atoms with Gasteiger partial charge in [0.05, 0.1) is 11.9 Å². The lowest BCUT2D eigenvalue weighted by atomic mass is 10.2. The van der Waals surface area contributed by atoms with Crippen LogP contribution in [-0.2, 0) is 14.8 Å². The first-order valence-electron chi connectivity index (χ1n) is 5.57. The number of ether oxygens (including phenoxy) is 1. The third-order valence-corrected chi connectivity index (χ3v) is 5.33. The number of alkyl halides is 1. The first kappa shape index (κ1) is 14.2. The van der Waals surface area contributed by atoms with Crippen LogP contribution in [0.15, 0.2) is 0 Å². The summed E-state index contributed by atoms with van der Waals surface area (Å²) < 4.78 is 30.6. The molecule has 1 aliphatic heterocycles. The van der Waals surface area contributed by atoms with E-state index in [-0.39, 0.29) is 17.8 Å². The summed E-state index contributed by atoms with van der Waals surface area (Å²) in [4.78, 5) is 0. The monoisotopic (exact) mass is 269 g/mol. The molecule has 0 radical (unpaired) electrons. The molecule has 0 aliphatic carbocycles. The molecule has 0 N–H and O–H groups in total.